The maximum atomic E-state index is 12.1. The summed E-state index contributed by atoms with van der Waals surface area (Å²) in [4.78, 5) is 26.1. The highest BCUT2D eigenvalue weighted by molar-refractivity contribution is 5.91. The van der Waals surface area contributed by atoms with E-state index in [0.717, 1.165) is 36.0 Å². The van der Waals surface area contributed by atoms with E-state index in [0.29, 0.717) is 6.54 Å². The highest BCUT2D eigenvalue weighted by Gasteiger charge is 2.17. The smallest absolute Gasteiger partial charge is 0.319 e. The highest BCUT2D eigenvalue weighted by atomic mass is 16.6. The minimum absolute atomic E-state index is 0.102. The number of nitrogens with one attached hydrogen (secondary N) is 2. The van der Waals surface area contributed by atoms with E-state index >= 15 is 0 Å². The van der Waals surface area contributed by atoms with Gasteiger partial charge in [-0.3, -0.25) is 19.8 Å². The number of amides is 2. The zero-order valence-corrected chi connectivity index (χ0v) is 13.9. The topological polar surface area (TPSA) is 115 Å². The van der Waals surface area contributed by atoms with Gasteiger partial charge in [-0.05, 0) is 18.9 Å². The number of urea groups is 1. The first-order valence-corrected chi connectivity index (χ1v) is 7.64. The molecule has 0 aliphatic heterocycles. The summed E-state index contributed by atoms with van der Waals surface area (Å²) in [6.07, 6.45) is 4.05. The molecule has 2 amide bonds. The van der Waals surface area contributed by atoms with Gasteiger partial charge in [-0.1, -0.05) is 13.8 Å². The fraction of sp³-hybridized carbons (Fsp3) is 0.400. The van der Waals surface area contributed by atoms with E-state index in [4.69, 9.17) is 0 Å². The van der Waals surface area contributed by atoms with Crippen molar-refractivity contribution in [2.24, 2.45) is 7.05 Å². The molecule has 0 fully saturated rings. The summed E-state index contributed by atoms with van der Waals surface area (Å²) in [5.41, 5.74) is 2.83. The molecule has 9 nitrogen and oxygen atoms in total. The standard InChI is InChI=1S/C15H20N6O3/c1-4-11-10(13(5-2)20(3)19-11)8-17-15(22)18-12-6-7-16-9-14(12)21(23)24/h6-7,9H,4-5,8H2,1-3H3,(H2,16,17,18,22). The van der Waals surface area contributed by atoms with Crippen molar-refractivity contribution in [3.63, 3.8) is 0 Å². The SMILES string of the molecule is CCc1nn(C)c(CC)c1CNC(=O)Nc1ccncc1[N+](=O)[O-]. The summed E-state index contributed by atoms with van der Waals surface area (Å²) in [5, 5.41) is 20.6. The van der Waals surface area contributed by atoms with Crippen LogP contribution in [0.3, 0.4) is 0 Å². The van der Waals surface area contributed by atoms with E-state index in [9.17, 15) is 14.9 Å². The van der Waals surface area contributed by atoms with E-state index in [-0.39, 0.29) is 11.4 Å². The largest absolute Gasteiger partial charge is 0.334 e. The maximum absolute atomic E-state index is 12.1. The number of hydrogen-bond donors (Lipinski definition) is 2. The van der Waals surface area contributed by atoms with Gasteiger partial charge < -0.3 is 10.6 Å². The summed E-state index contributed by atoms with van der Waals surface area (Å²) in [5.74, 6) is 0. The van der Waals surface area contributed by atoms with Crippen molar-refractivity contribution >= 4 is 17.4 Å². The van der Waals surface area contributed by atoms with Crippen LogP contribution in [0.4, 0.5) is 16.2 Å². The molecule has 2 aromatic heterocycles. The molecule has 0 aliphatic carbocycles. The minimum Gasteiger partial charge on any atom is -0.334 e. The normalized spacial score (nSPS) is 10.5. The summed E-state index contributed by atoms with van der Waals surface area (Å²) in [7, 11) is 1.88. The molecular formula is C15H20N6O3. The van der Waals surface area contributed by atoms with Gasteiger partial charge in [-0.25, -0.2) is 4.79 Å². The van der Waals surface area contributed by atoms with Crippen LogP contribution in [0.1, 0.15) is 30.8 Å². The average Bonchev–Trinajstić information content (AvgIpc) is 2.88. The second kappa shape index (κ2) is 7.53. The molecule has 2 aromatic rings. The first kappa shape index (κ1) is 17.4. The molecule has 0 aliphatic rings. The van der Waals surface area contributed by atoms with Gasteiger partial charge in [0.05, 0.1) is 10.6 Å². The minimum atomic E-state index is -0.589. The van der Waals surface area contributed by atoms with Crippen LogP contribution in [0.5, 0.6) is 0 Å². The lowest BCUT2D eigenvalue weighted by Gasteiger charge is -2.09. The van der Waals surface area contributed by atoms with Crippen molar-refractivity contribution in [2.45, 2.75) is 33.2 Å². The van der Waals surface area contributed by atoms with Gasteiger partial charge in [0.25, 0.3) is 0 Å². The number of carbonyl (C=O) groups is 1. The number of aromatic nitrogens is 3. The van der Waals surface area contributed by atoms with Crippen molar-refractivity contribution in [2.75, 3.05) is 5.32 Å². The van der Waals surface area contributed by atoms with Crippen molar-refractivity contribution in [3.8, 4) is 0 Å². The third kappa shape index (κ3) is 3.67. The first-order valence-electron chi connectivity index (χ1n) is 7.64. The zero-order chi connectivity index (χ0) is 17.7. The first-order chi connectivity index (χ1) is 11.5. The summed E-state index contributed by atoms with van der Waals surface area (Å²) in [6.45, 7) is 4.34. The van der Waals surface area contributed by atoms with Gasteiger partial charge in [0.15, 0.2) is 0 Å². The predicted octanol–water partition coefficient (Wildman–Crippen LogP) is 2.17. The molecule has 0 saturated carbocycles. The zero-order valence-electron chi connectivity index (χ0n) is 13.9. The molecule has 2 heterocycles. The molecule has 24 heavy (non-hydrogen) atoms. The Labute approximate surface area is 139 Å². The van der Waals surface area contributed by atoms with Crippen LogP contribution in [0, 0.1) is 10.1 Å². The average molecular weight is 332 g/mol. The Morgan fingerprint density at radius 1 is 1.38 bits per heavy atom. The number of nitrogens with zero attached hydrogens (tertiary/aromatic N) is 4. The van der Waals surface area contributed by atoms with Crippen LogP contribution >= 0.6 is 0 Å². The number of rotatable bonds is 6. The summed E-state index contributed by atoms with van der Waals surface area (Å²) in [6, 6.07) is 0.869. The van der Waals surface area contributed by atoms with Crippen molar-refractivity contribution in [1.82, 2.24) is 20.1 Å². The molecule has 128 valence electrons. The molecule has 2 N–H and O–H groups in total. The molecule has 0 bridgehead atoms. The van der Waals surface area contributed by atoms with Crippen molar-refractivity contribution < 1.29 is 9.72 Å². The van der Waals surface area contributed by atoms with Gasteiger partial charge in [0.2, 0.25) is 0 Å². The number of pyridine rings is 1. The van der Waals surface area contributed by atoms with Crippen LogP contribution in [-0.2, 0) is 26.4 Å². The molecule has 2 rings (SSSR count). The lowest BCUT2D eigenvalue weighted by molar-refractivity contribution is -0.384. The Balaban J connectivity index is 2.09. The van der Waals surface area contributed by atoms with E-state index in [2.05, 4.69) is 20.7 Å². The maximum Gasteiger partial charge on any atom is 0.319 e. The Morgan fingerprint density at radius 3 is 2.75 bits per heavy atom. The number of hydrogen-bond acceptors (Lipinski definition) is 5. The third-order valence-corrected chi connectivity index (χ3v) is 3.70. The molecule has 0 spiro atoms. The number of aryl methyl sites for hydroxylation is 2. The lowest BCUT2D eigenvalue weighted by Crippen LogP contribution is -2.29. The fourth-order valence-electron chi connectivity index (χ4n) is 2.57. The molecule has 0 radical (unpaired) electrons. The van der Waals surface area contributed by atoms with Crippen LogP contribution in [0.2, 0.25) is 0 Å². The van der Waals surface area contributed by atoms with Crippen LogP contribution in [0.25, 0.3) is 0 Å². The molecule has 9 heteroatoms. The Morgan fingerprint density at radius 2 is 2.12 bits per heavy atom. The molecule has 0 saturated heterocycles. The fourth-order valence-corrected chi connectivity index (χ4v) is 2.57. The monoisotopic (exact) mass is 332 g/mol. The van der Waals surface area contributed by atoms with Crippen molar-refractivity contribution in [3.05, 3.63) is 45.5 Å². The lowest BCUT2D eigenvalue weighted by atomic mass is 10.1. The van der Waals surface area contributed by atoms with Crippen LogP contribution in [-0.4, -0.2) is 25.7 Å². The number of nitro groups is 1. The predicted molar refractivity (Wildman–Crippen MR) is 88.7 cm³/mol. The number of carbonyl (C=O) groups excluding carboxylic acids is 1. The number of anilines is 1. The summed E-state index contributed by atoms with van der Waals surface area (Å²) >= 11 is 0. The second-order valence-corrected chi connectivity index (χ2v) is 5.16. The third-order valence-electron chi connectivity index (χ3n) is 3.70. The highest BCUT2D eigenvalue weighted by Crippen LogP contribution is 2.21. The molecule has 0 aromatic carbocycles. The van der Waals surface area contributed by atoms with Gasteiger partial charge >= 0.3 is 11.7 Å². The Hall–Kier alpha value is -2.97. The molecule has 0 atom stereocenters. The Kier molecular flexibility index (Phi) is 5.46. The van der Waals surface area contributed by atoms with Crippen LogP contribution < -0.4 is 10.6 Å². The van der Waals surface area contributed by atoms with E-state index in [1.54, 1.807) is 0 Å². The summed E-state index contributed by atoms with van der Waals surface area (Å²) < 4.78 is 1.82. The van der Waals surface area contributed by atoms with Gasteiger partial charge in [0, 0.05) is 31.0 Å². The van der Waals surface area contributed by atoms with E-state index < -0.39 is 11.0 Å². The van der Waals surface area contributed by atoms with E-state index in [1.807, 2.05) is 25.6 Å². The van der Waals surface area contributed by atoms with Gasteiger partial charge in [-0.15, -0.1) is 0 Å². The Bertz CT molecular complexity index is 756. The molecular weight excluding hydrogens is 312 g/mol. The van der Waals surface area contributed by atoms with Gasteiger partial charge in [-0.2, -0.15) is 5.10 Å². The quantitative estimate of drug-likeness (QED) is 0.621. The second-order valence-electron chi connectivity index (χ2n) is 5.16. The van der Waals surface area contributed by atoms with E-state index in [1.165, 1.54) is 12.3 Å². The van der Waals surface area contributed by atoms with Gasteiger partial charge in [0.1, 0.15) is 11.9 Å². The van der Waals surface area contributed by atoms with Crippen LogP contribution in [0.15, 0.2) is 18.5 Å². The molecule has 0 unspecified atom stereocenters. The van der Waals surface area contributed by atoms with Crippen molar-refractivity contribution in [1.29, 1.82) is 0 Å².